The molecule has 0 bridgehead atoms. The van der Waals surface area contributed by atoms with Crippen LogP contribution in [0, 0.1) is 0 Å². The van der Waals surface area contributed by atoms with Crippen LogP contribution in [-0.4, -0.2) is 9.97 Å². The van der Waals surface area contributed by atoms with Crippen LogP contribution in [0.5, 0.6) is 0 Å². The van der Waals surface area contributed by atoms with Gasteiger partial charge in [0.15, 0.2) is 5.82 Å². The summed E-state index contributed by atoms with van der Waals surface area (Å²) in [5, 5.41) is 3.88. The van der Waals surface area contributed by atoms with E-state index in [4.69, 9.17) is 16.6 Å². The Balaban J connectivity index is 0.000000814. The lowest BCUT2D eigenvalue weighted by atomic mass is 10.1. The normalized spacial score (nSPS) is 10.8. The van der Waals surface area contributed by atoms with Gasteiger partial charge < -0.3 is 0 Å². The largest absolute Gasteiger partial charge is 0.228 e. The SMILES string of the molecule is C=C.Clc1nc(-c2cccc3c2sc2ccccc23)nc2ccccc12. The van der Waals surface area contributed by atoms with Gasteiger partial charge in [0, 0.05) is 31.1 Å². The molecule has 0 aliphatic carbocycles. The Morgan fingerprint density at radius 3 is 2.27 bits per heavy atom. The van der Waals surface area contributed by atoms with Gasteiger partial charge >= 0.3 is 0 Å². The molecule has 5 aromatic rings. The minimum Gasteiger partial charge on any atom is -0.228 e. The average molecular weight is 375 g/mol. The summed E-state index contributed by atoms with van der Waals surface area (Å²) >= 11 is 8.17. The molecule has 0 radical (unpaired) electrons. The molecule has 0 atom stereocenters. The number of hydrogen-bond acceptors (Lipinski definition) is 3. The average Bonchev–Trinajstić information content (AvgIpc) is 3.08. The third-order valence-corrected chi connectivity index (χ3v) is 5.71. The van der Waals surface area contributed by atoms with Crippen LogP contribution < -0.4 is 0 Å². The minimum atomic E-state index is 0.494. The summed E-state index contributed by atoms with van der Waals surface area (Å²) < 4.78 is 2.47. The molecule has 0 aliphatic rings. The number of aromatic nitrogens is 2. The monoisotopic (exact) mass is 374 g/mol. The van der Waals surface area contributed by atoms with Crippen molar-refractivity contribution in [3.05, 3.63) is 85.0 Å². The fraction of sp³-hybridized carbons (Fsp3) is 0. The van der Waals surface area contributed by atoms with Crippen molar-refractivity contribution in [1.29, 1.82) is 0 Å². The maximum atomic E-state index is 6.39. The molecule has 2 nitrogen and oxygen atoms in total. The Bertz CT molecular complexity index is 1240. The molecule has 0 unspecified atom stereocenters. The molecule has 26 heavy (non-hydrogen) atoms. The first kappa shape index (κ1) is 16.7. The Morgan fingerprint density at radius 1 is 0.731 bits per heavy atom. The van der Waals surface area contributed by atoms with Crippen molar-refractivity contribution >= 4 is 54.0 Å². The molecule has 2 aromatic heterocycles. The molecular formula is C22H15ClN2S. The molecule has 0 spiro atoms. The van der Waals surface area contributed by atoms with Gasteiger partial charge in [-0.3, -0.25) is 0 Å². The van der Waals surface area contributed by atoms with Crippen LogP contribution in [-0.2, 0) is 0 Å². The number of hydrogen-bond donors (Lipinski definition) is 0. The van der Waals surface area contributed by atoms with E-state index in [9.17, 15) is 0 Å². The molecule has 3 aromatic carbocycles. The smallest absolute Gasteiger partial charge is 0.162 e. The third kappa shape index (κ3) is 2.66. The first-order chi connectivity index (χ1) is 12.8. The highest BCUT2D eigenvalue weighted by molar-refractivity contribution is 7.26. The Hall–Kier alpha value is -2.75. The Kier molecular flexibility index (Phi) is 4.41. The van der Waals surface area contributed by atoms with Crippen molar-refractivity contribution in [2.75, 3.05) is 0 Å². The molecule has 0 saturated heterocycles. The van der Waals surface area contributed by atoms with E-state index >= 15 is 0 Å². The second-order valence-corrected chi connectivity index (χ2v) is 7.05. The molecule has 0 N–H and O–H groups in total. The predicted octanol–water partition coefficient (Wildman–Crippen LogP) is 7.12. The predicted molar refractivity (Wildman–Crippen MR) is 114 cm³/mol. The number of nitrogens with zero attached hydrogens (tertiary/aromatic N) is 2. The zero-order valence-electron chi connectivity index (χ0n) is 13.9. The second kappa shape index (κ2) is 6.87. The van der Waals surface area contributed by atoms with Crippen LogP contribution in [0.25, 0.3) is 42.5 Å². The van der Waals surface area contributed by atoms with Crippen molar-refractivity contribution in [2.45, 2.75) is 0 Å². The molecular weight excluding hydrogens is 360 g/mol. The summed E-state index contributed by atoms with van der Waals surface area (Å²) in [6, 6.07) is 22.6. The highest BCUT2D eigenvalue weighted by Gasteiger charge is 2.13. The second-order valence-electron chi connectivity index (χ2n) is 5.64. The topological polar surface area (TPSA) is 25.8 Å². The van der Waals surface area contributed by atoms with Gasteiger partial charge in [0.05, 0.1) is 5.52 Å². The lowest BCUT2D eigenvalue weighted by Gasteiger charge is -2.05. The van der Waals surface area contributed by atoms with E-state index in [0.29, 0.717) is 11.0 Å². The first-order valence-corrected chi connectivity index (χ1v) is 9.33. The van der Waals surface area contributed by atoms with Crippen molar-refractivity contribution < 1.29 is 0 Å². The molecule has 0 amide bonds. The molecule has 0 saturated carbocycles. The van der Waals surface area contributed by atoms with E-state index in [1.165, 1.54) is 20.2 Å². The maximum absolute atomic E-state index is 6.39. The number of benzene rings is 3. The van der Waals surface area contributed by atoms with Gasteiger partial charge in [-0.05, 0) is 24.3 Å². The third-order valence-electron chi connectivity index (χ3n) is 4.20. The Labute approximate surface area is 160 Å². The van der Waals surface area contributed by atoms with Gasteiger partial charge in [-0.25, -0.2) is 9.97 Å². The van der Waals surface area contributed by atoms with E-state index in [2.05, 4.69) is 60.6 Å². The van der Waals surface area contributed by atoms with Gasteiger partial charge in [-0.2, -0.15) is 0 Å². The van der Waals surface area contributed by atoms with Crippen molar-refractivity contribution in [3.63, 3.8) is 0 Å². The summed E-state index contributed by atoms with van der Waals surface area (Å²) in [7, 11) is 0. The number of para-hydroxylation sites is 1. The van der Waals surface area contributed by atoms with Gasteiger partial charge in [-0.15, -0.1) is 24.5 Å². The minimum absolute atomic E-state index is 0.494. The number of thiophene rings is 1. The molecule has 126 valence electrons. The summed E-state index contributed by atoms with van der Waals surface area (Å²) in [5.41, 5.74) is 1.90. The quantitative estimate of drug-likeness (QED) is 0.230. The van der Waals surface area contributed by atoms with Gasteiger partial charge in [0.1, 0.15) is 5.15 Å². The van der Waals surface area contributed by atoms with Crippen LogP contribution in [0.1, 0.15) is 0 Å². The van der Waals surface area contributed by atoms with E-state index < -0.39 is 0 Å². The molecule has 0 fully saturated rings. The summed E-state index contributed by atoms with van der Waals surface area (Å²) in [6.07, 6.45) is 0. The zero-order chi connectivity index (χ0) is 18.1. The highest BCUT2D eigenvalue weighted by Crippen LogP contribution is 2.39. The lowest BCUT2D eigenvalue weighted by molar-refractivity contribution is 1.23. The highest BCUT2D eigenvalue weighted by atomic mass is 35.5. The zero-order valence-corrected chi connectivity index (χ0v) is 15.5. The summed E-state index contributed by atoms with van der Waals surface area (Å²) in [4.78, 5) is 9.29. The van der Waals surface area contributed by atoms with Crippen molar-refractivity contribution in [3.8, 4) is 11.4 Å². The summed E-state index contributed by atoms with van der Waals surface area (Å²) in [5.74, 6) is 0.677. The van der Waals surface area contributed by atoms with E-state index in [1.54, 1.807) is 11.3 Å². The fourth-order valence-electron chi connectivity index (χ4n) is 3.08. The van der Waals surface area contributed by atoms with Crippen LogP contribution in [0.4, 0.5) is 0 Å². The van der Waals surface area contributed by atoms with Gasteiger partial charge in [0.25, 0.3) is 0 Å². The van der Waals surface area contributed by atoms with Crippen LogP contribution >= 0.6 is 22.9 Å². The van der Waals surface area contributed by atoms with E-state index in [0.717, 1.165) is 16.5 Å². The first-order valence-electron chi connectivity index (χ1n) is 8.14. The summed E-state index contributed by atoms with van der Waals surface area (Å²) in [6.45, 7) is 6.00. The number of fused-ring (bicyclic) bond motifs is 4. The standard InChI is InChI=1S/C20H11ClN2S.C2H4/c21-19-14-7-1-3-10-16(14)22-20(23-19)15-9-5-8-13-12-6-2-4-11-17(12)24-18(13)15;1-2/h1-11H;1-2H2. The number of halogens is 1. The number of rotatable bonds is 1. The van der Waals surface area contributed by atoms with Gasteiger partial charge in [-0.1, -0.05) is 54.1 Å². The van der Waals surface area contributed by atoms with Crippen molar-refractivity contribution in [1.82, 2.24) is 9.97 Å². The van der Waals surface area contributed by atoms with Crippen LogP contribution in [0.3, 0.4) is 0 Å². The van der Waals surface area contributed by atoms with Gasteiger partial charge in [0.2, 0.25) is 0 Å². The van der Waals surface area contributed by atoms with Crippen LogP contribution in [0.15, 0.2) is 79.9 Å². The van der Waals surface area contributed by atoms with Crippen molar-refractivity contribution in [2.24, 2.45) is 0 Å². The lowest BCUT2D eigenvalue weighted by Crippen LogP contribution is -1.91. The van der Waals surface area contributed by atoms with E-state index in [-0.39, 0.29) is 0 Å². The molecule has 4 heteroatoms. The molecule has 5 rings (SSSR count). The Morgan fingerprint density at radius 2 is 1.42 bits per heavy atom. The van der Waals surface area contributed by atoms with Crippen LogP contribution in [0.2, 0.25) is 5.15 Å². The fourth-order valence-corrected chi connectivity index (χ4v) is 4.53. The maximum Gasteiger partial charge on any atom is 0.162 e. The molecule has 0 aliphatic heterocycles. The molecule has 2 heterocycles. The van der Waals surface area contributed by atoms with E-state index in [1.807, 2.05) is 24.3 Å².